The Bertz CT molecular complexity index is 281. The molecule has 1 aromatic carbocycles. The first kappa shape index (κ1) is 9.72. The zero-order valence-electron chi connectivity index (χ0n) is 9.09. The Morgan fingerprint density at radius 1 is 1.14 bits per heavy atom. The predicted molar refractivity (Wildman–Crippen MR) is 60.3 cm³/mol. The second-order valence-corrected chi connectivity index (χ2v) is 4.55. The van der Waals surface area contributed by atoms with Crippen LogP contribution in [0.2, 0.25) is 0 Å². The first-order valence-electron chi connectivity index (χ1n) is 5.55. The van der Waals surface area contributed by atoms with E-state index >= 15 is 0 Å². The van der Waals surface area contributed by atoms with E-state index < -0.39 is 0 Å². The molecule has 1 aliphatic rings. The molecule has 0 aromatic heterocycles. The summed E-state index contributed by atoms with van der Waals surface area (Å²) in [6.45, 7) is 5.62. The second-order valence-electron chi connectivity index (χ2n) is 4.55. The van der Waals surface area contributed by atoms with Gasteiger partial charge in [-0.2, -0.15) is 0 Å². The summed E-state index contributed by atoms with van der Waals surface area (Å²) in [5.74, 6) is 0.844. The molecule has 1 saturated heterocycles. The Hall–Kier alpha value is -0.820. The summed E-state index contributed by atoms with van der Waals surface area (Å²) in [4.78, 5) is 0. The van der Waals surface area contributed by atoms with Gasteiger partial charge in [0.1, 0.15) is 0 Å². The quantitative estimate of drug-likeness (QED) is 0.716. The van der Waals surface area contributed by atoms with E-state index in [-0.39, 0.29) is 0 Å². The van der Waals surface area contributed by atoms with Crippen LogP contribution in [-0.2, 0) is 0 Å². The Morgan fingerprint density at radius 3 is 2.43 bits per heavy atom. The molecule has 0 unspecified atom stereocenters. The highest BCUT2D eigenvalue weighted by atomic mass is 14.9. The lowest BCUT2D eigenvalue weighted by Crippen LogP contribution is -2.31. The van der Waals surface area contributed by atoms with Crippen molar-refractivity contribution in [1.82, 2.24) is 5.32 Å². The van der Waals surface area contributed by atoms with Crippen molar-refractivity contribution in [3.05, 3.63) is 35.4 Å². The van der Waals surface area contributed by atoms with Crippen LogP contribution < -0.4 is 5.32 Å². The molecule has 1 heteroatoms. The zero-order valence-corrected chi connectivity index (χ0v) is 9.09. The van der Waals surface area contributed by atoms with Gasteiger partial charge in [0.2, 0.25) is 0 Å². The third-order valence-electron chi connectivity index (χ3n) is 3.14. The van der Waals surface area contributed by atoms with Gasteiger partial charge in [0.25, 0.3) is 0 Å². The van der Waals surface area contributed by atoms with Crippen LogP contribution in [0.3, 0.4) is 0 Å². The molecule has 0 amide bonds. The standard InChI is InChI=1S/C13H19N/c1-10-3-6-12(7-4-10)13-8-5-11(2)9-14-13/h3-4,6-7,11,13-14H,5,8-9H2,1-2H3/t11-,13+/m0/s1. The maximum absolute atomic E-state index is 3.60. The number of piperidine rings is 1. The molecule has 1 aliphatic heterocycles. The van der Waals surface area contributed by atoms with E-state index in [0.29, 0.717) is 6.04 Å². The van der Waals surface area contributed by atoms with Crippen LogP contribution in [0.15, 0.2) is 24.3 Å². The van der Waals surface area contributed by atoms with Crippen LogP contribution in [0.25, 0.3) is 0 Å². The summed E-state index contributed by atoms with van der Waals surface area (Å²) in [7, 11) is 0. The summed E-state index contributed by atoms with van der Waals surface area (Å²) >= 11 is 0. The largest absolute Gasteiger partial charge is 0.310 e. The van der Waals surface area contributed by atoms with E-state index in [1.54, 1.807) is 0 Å². The van der Waals surface area contributed by atoms with Crippen LogP contribution in [0.4, 0.5) is 0 Å². The van der Waals surface area contributed by atoms with Gasteiger partial charge in [0, 0.05) is 6.04 Å². The van der Waals surface area contributed by atoms with Crippen LogP contribution >= 0.6 is 0 Å². The Balaban J connectivity index is 2.05. The van der Waals surface area contributed by atoms with Crippen LogP contribution in [0.1, 0.15) is 36.9 Å². The molecule has 1 N–H and O–H groups in total. The number of benzene rings is 1. The minimum atomic E-state index is 0.590. The number of hydrogen-bond donors (Lipinski definition) is 1. The van der Waals surface area contributed by atoms with E-state index in [4.69, 9.17) is 0 Å². The number of aryl methyl sites for hydroxylation is 1. The van der Waals surface area contributed by atoms with Gasteiger partial charge in [-0.25, -0.2) is 0 Å². The third kappa shape index (κ3) is 2.16. The SMILES string of the molecule is Cc1ccc([C@H]2CC[C@H](C)CN2)cc1. The highest BCUT2D eigenvalue weighted by molar-refractivity contribution is 5.24. The Kier molecular flexibility index (Phi) is 2.87. The summed E-state index contributed by atoms with van der Waals surface area (Å²) in [5, 5.41) is 3.60. The van der Waals surface area contributed by atoms with Crippen molar-refractivity contribution in [3.8, 4) is 0 Å². The Labute approximate surface area is 86.5 Å². The van der Waals surface area contributed by atoms with Crippen molar-refractivity contribution in [3.63, 3.8) is 0 Å². The van der Waals surface area contributed by atoms with Gasteiger partial charge in [0.05, 0.1) is 0 Å². The van der Waals surface area contributed by atoms with Gasteiger partial charge in [-0.15, -0.1) is 0 Å². The average Bonchev–Trinajstić information content (AvgIpc) is 2.21. The van der Waals surface area contributed by atoms with E-state index in [1.807, 2.05) is 0 Å². The summed E-state index contributed by atoms with van der Waals surface area (Å²) < 4.78 is 0. The van der Waals surface area contributed by atoms with Crippen LogP contribution in [-0.4, -0.2) is 6.54 Å². The highest BCUT2D eigenvalue weighted by Crippen LogP contribution is 2.25. The predicted octanol–water partition coefficient (Wildman–Crippen LogP) is 3.06. The fraction of sp³-hybridized carbons (Fsp3) is 0.538. The molecular weight excluding hydrogens is 170 g/mol. The maximum Gasteiger partial charge on any atom is 0.0320 e. The van der Waals surface area contributed by atoms with Crippen LogP contribution in [0, 0.1) is 12.8 Å². The summed E-state index contributed by atoms with van der Waals surface area (Å²) in [5.41, 5.74) is 2.79. The molecule has 0 radical (unpaired) electrons. The molecule has 0 spiro atoms. The lowest BCUT2D eigenvalue weighted by molar-refractivity contribution is 0.333. The fourth-order valence-corrected chi connectivity index (χ4v) is 2.08. The van der Waals surface area contributed by atoms with Gasteiger partial charge >= 0.3 is 0 Å². The van der Waals surface area contributed by atoms with Crippen molar-refractivity contribution in [2.75, 3.05) is 6.54 Å². The fourth-order valence-electron chi connectivity index (χ4n) is 2.08. The van der Waals surface area contributed by atoms with Gasteiger partial charge in [-0.05, 0) is 37.8 Å². The molecular formula is C13H19N. The van der Waals surface area contributed by atoms with Gasteiger partial charge in [-0.1, -0.05) is 36.8 Å². The van der Waals surface area contributed by atoms with Crippen molar-refractivity contribution in [2.24, 2.45) is 5.92 Å². The summed E-state index contributed by atoms with van der Waals surface area (Å²) in [6, 6.07) is 9.50. The number of hydrogen-bond acceptors (Lipinski definition) is 1. The molecule has 1 heterocycles. The summed E-state index contributed by atoms with van der Waals surface area (Å²) in [6.07, 6.45) is 2.63. The molecule has 14 heavy (non-hydrogen) atoms. The molecule has 76 valence electrons. The van der Waals surface area contributed by atoms with Crippen molar-refractivity contribution in [2.45, 2.75) is 32.7 Å². The van der Waals surface area contributed by atoms with Gasteiger partial charge in [-0.3, -0.25) is 0 Å². The molecule has 1 fully saturated rings. The number of rotatable bonds is 1. The second kappa shape index (κ2) is 4.14. The molecule has 2 atom stereocenters. The molecule has 1 aromatic rings. The van der Waals surface area contributed by atoms with Gasteiger partial charge in [0.15, 0.2) is 0 Å². The molecule has 0 saturated carbocycles. The first-order valence-corrected chi connectivity index (χ1v) is 5.55. The monoisotopic (exact) mass is 189 g/mol. The minimum absolute atomic E-state index is 0.590. The topological polar surface area (TPSA) is 12.0 Å². The highest BCUT2D eigenvalue weighted by Gasteiger charge is 2.18. The normalized spacial score (nSPS) is 27.6. The number of nitrogens with one attached hydrogen (secondary N) is 1. The zero-order chi connectivity index (χ0) is 9.97. The minimum Gasteiger partial charge on any atom is -0.310 e. The van der Waals surface area contributed by atoms with Crippen molar-refractivity contribution < 1.29 is 0 Å². The third-order valence-corrected chi connectivity index (χ3v) is 3.14. The smallest absolute Gasteiger partial charge is 0.0320 e. The molecule has 0 bridgehead atoms. The van der Waals surface area contributed by atoms with Crippen molar-refractivity contribution in [1.29, 1.82) is 0 Å². The lowest BCUT2D eigenvalue weighted by Gasteiger charge is -2.28. The van der Waals surface area contributed by atoms with E-state index in [0.717, 1.165) is 5.92 Å². The molecule has 2 rings (SSSR count). The molecule has 1 nitrogen and oxygen atoms in total. The first-order chi connectivity index (χ1) is 6.75. The Morgan fingerprint density at radius 2 is 1.86 bits per heavy atom. The van der Waals surface area contributed by atoms with Crippen molar-refractivity contribution >= 4 is 0 Å². The maximum atomic E-state index is 3.60. The molecule has 0 aliphatic carbocycles. The van der Waals surface area contributed by atoms with Gasteiger partial charge < -0.3 is 5.32 Å². The van der Waals surface area contributed by atoms with Crippen LogP contribution in [0.5, 0.6) is 0 Å². The van der Waals surface area contributed by atoms with E-state index in [2.05, 4.69) is 43.4 Å². The lowest BCUT2D eigenvalue weighted by atomic mass is 9.92. The van der Waals surface area contributed by atoms with E-state index in [9.17, 15) is 0 Å². The average molecular weight is 189 g/mol. The van der Waals surface area contributed by atoms with E-state index in [1.165, 1.54) is 30.5 Å².